The van der Waals surface area contributed by atoms with Gasteiger partial charge in [-0.2, -0.15) is 0 Å². The molecule has 1 aromatic rings. The molecular formula is C17H26IN3. The lowest BCUT2D eigenvalue weighted by Gasteiger charge is -2.24. The van der Waals surface area contributed by atoms with Crippen LogP contribution in [0.4, 0.5) is 0 Å². The van der Waals surface area contributed by atoms with Gasteiger partial charge in [-0.05, 0) is 19.4 Å². The Morgan fingerprint density at radius 3 is 2.38 bits per heavy atom. The zero-order chi connectivity index (χ0) is 15.0. The molecule has 0 spiro atoms. The van der Waals surface area contributed by atoms with Crippen LogP contribution in [0.1, 0.15) is 31.9 Å². The van der Waals surface area contributed by atoms with Crippen molar-refractivity contribution in [1.29, 1.82) is 0 Å². The number of hydrogen-bond donors (Lipinski definition) is 2. The summed E-state index contributed by atoms with van der Waals surface area (Å²) in [5.41, 5.74) is 2.56. The first kappa shape index (κ1) is 19.8. The topological polar surface area (TPSA) is 36.4 Å². The summed E-state index contributed by atoms with van der Waals surface area (Å²) in [6.45, 7) is 10.5. The third kappa shape index (κ3) is 6.85. The number of aryl methyl sites for hydroxylation is 1. The van der Waals surface area contributed by atoms with Gasteiger partial charge in [0.2, 0.25) is 0 Å². The van der Waals surface area contributed by atoms with Gasteiger partial charge in [-0.1, -0.05) is 49.6 Å². The molecule has 0 aliphatic heterocycles. The van der Waals surface area contributed by atoms with Crippen molar-refractivity contribution in [3.63, 3.8) is 0 Å². The highest BCUT2D eigenvalue weighted by Gasteiger charge is 2.20. The van der Waals surface area contributed by atoms with Gasteiger partial charge in [0.25, 0.3) is 0 Å². The quantitative estimate of drug-likeness (QED) is 0.346. The van der Waals surface area contributed by atoms with E-state index >= 15 is 0 Å². The Hall–Kier alpha value is -1.22. The van der Waals surface area contributed by atoms with E-state index in [4.69, 9.17) is 6.42 Å². The van der Waals surface area contributed by atoms with Gasteiger partial charge in [0.05, 0.1) is 13.1 Å². The lowest BCUT2D eigenvalue weighted by atomic mass is 9.84. The van der Waals surface area contributed by atoms with Crippen LogP contribution in [0.3, 0.4) is 0 Å². The maximum Gasteiger partial charge on any atom is 0.192 e. The van der Waals surface area contributed by atoms with Crippen LogP contribution < -0.4 is 10.6 Å². The van der Waals surface area contributed by atoms with E-state index in [9.17, 15) is 0 Å². The van der Waals surface area contributed by atoms with Crippen LogP contribution in [-0.4, -0.2) is 25.6 Å². The number of terminal acetylenes is 1. The fourth-order valence-corrected chi connectivity index (χ4v) is 1.85. The van der Waals surface area contributed by atoms with Crippen LogP contribution >= 0.6 is 24.0 Å². The van der Waals surface area contributed by atoms with Gasteiger partial charge in [-0.3, -0.25) is 4.99 Å². The Labute approximate surface area is 146 Å². The second-order valence-electron chi connectivity index (χ2n) is 5.50. The minimum Gasteiger partial charge on any atom is -0.357 e. The van der Waals surface area contributed by atoms with Gasteiger partial charge >= 0.3 is 0 Å². The van der Waals surface area contributed by atoms with Gasteiger partial charge in [0.15, 0.2) is 5.96 Å². The number of rotatable bonds is 5. The van der Waals surface area contributed by atoms with Gasteiger partial charge in [-0.25, -0.2) is 0 Å². The number of halogens is 1. The van der Waals surface area contributed by atoms with Gasteiger partial charge in [0.1, 0.15) is 0 Å². The van der Waals surface area contributed by atoms with E-state index in [1.807, 2.05) is 6.92 Å². The van der Waals surface area contributed by atoms with Gasteiger partial charge in [-0.15, -0.1) is 30.4 Å². The normalized spacial score (nSPS) is 11.3. The van der Waals surface area contributed by atoms with E-state index in [0.29, 0.717) is 13.1 Å². The van der Waals surface area contributed by atoms with Crippen molar-refractivity contribution in [2.75, 3.05) is 19.6 Å². The lowest BCUT2D eigenvalue weighted by molar-refractivity contribution is 0.537. The van der Waals surface area contributed by atoms with E-state index in [1.54, 1.807) is 0 Å². The van der Waals surface area contributed by atoms with E-state index < -0.39 is 0 Å². The van der Waals surface area contributed by atoms with Crippen LogP contribution in [0.15, 0.2) is 29.3 Å². The van der Waals surface area contributed by atoms with Crippen LogP contribution in [0, 0.1) is 19.3 Å². The van der Waals surface area contributed by atoms with Crippen LogP contribution in [0.5, 0.6) is 0 Å². The number of hydrogen-bond acceptors (Lipinski definition) is 1. The van der Waals surface area contributed by atoms with Crippen LogP contribution in [0.2, 0.25) is 0 Å². The standard InChI is InChI=1S/C17H25N3.HI/c1-6-12-19-16(18-7-2)20-13-17(4,5)15-10-8-14(3)9-11-15;/h1,8-11H,7,12-13H2,2-5H3,(H2,18,19,20);1H. The number of guanidine groups is 1. The molecule has 3 nitrogen and oxygen atoms in total. The van der Waals surface area contributed by atoms with Crippen molar-refractivity contribution in [2.45, 2.75) is 33.1 Å². The molecule has 0 bridgehead atoms. The molecule has 0 aliphatic rings. The zero-order valence-electron chi connectivity index (χ0n) is 13.4. The number of nitrogens with one attached hydrogen (secondary N) is 2. The third-order valence-electron chi connectivity index (χ3n) is 3.17. The molecule has 4 heteroatoms. The average Bonchev–Trinajstić information content (AvgIpc) is 2.42. The molecule has 0 radical (unpaired) electrons. The first-order valence-corrected chi connectivity index (χ1v) is 7.02. The molecule has 0 amide bonds. The summed E-state index contributed by atoms with van der Waals surface area (Å²) >= 11 is 0. The second-order valence-corrected chi connectivity index (χ2v) is 5.50. The Morgan fingerprint density at radius 1 is 1.24 bits per heavy atom. The Bertz CT molecular complexity index is 484. The minimum atomic E-state index is -0.00774. The summed E-state index contributed by atoms with van der Waals surface area (Å²) in [6.07, 6.45) is 5.26. The van der Waals surface area contributed by atoms with E-state index in [2.05, 4.69) is 66.6 Å². The monoisotopic (exact) mass is 399 g/mol. The molecule has 0 heterocycles. The molecule has 0 saturated carbocycles. The molecule has 116 valence electrons. The Morgan fingerprint density at radius 2 is 1.86 bits per heavy atom. The van der Waals surface area contributed by atoms with Crippen LogP contribution in [0.25, 0.3) is 0 Å². The first-order valence-electron chi connectivity index (χ1n) is 7.02. The predicted molar refractivity (Wildman–Crippen MR) is 102 cm³/mol. The molecule has 0 unspecified atom stereocenters. The smallest absolute Gasteiger partial charge is 0.192 e. The van der Waals surface area contributed by atoms with Crippen molar-refractivity contribution < 1.29 is 0 Å². The summed E-state index contributed by atoms with van der Waals surface area (Å²) in [6, 6.07) is 8.63. The Kier molecular flexibility index (Phi) is 9.11. The first-order chi connectivity index (χ1) is 9.49. The van der Waals surface area contributed by atoms with Crippen molar-refractivity contribution in [2.24, 2.45) is 4.99 Å². The summed E-state index contributed by atoms with van der Waals surface area (Å²) in [5, 5.41) is 6.30. The number of nitrogens with zero attached hydrogens (tertiary/aromatic N) is 1. The minimum absolute atomic E-state index is 0. The highest BCUT2D eigenvalue weighted by molar-refractivity contribution is 14.0. The molecule has 0 aromatic heterocycles. The Balaban J connectivity index is 0.00000400. The van der Waals surface area contributed by atoms with Crippen molar-refractivity contribution >= 4 is 29.9 Å². The largest absolute Gasteiger partial charge is 0.357 e. The molecule has 0 saturated heterocycles. The highest BCUT2D eigenvalue weighted by atomic mass is 127. The van der Waals surface area contributed by atoms with Gasteiger partial charge < -0.3 is 10.6 Å². The molecular weight excluding hydrogens is 373 g/mol. The maximum absolute atomic E-state index is 5.26. The van der Waals surface area contributed by atoms with Crippen molar-refractivity contribution in [3.05, 3.63) is 35.4 Å². The summed E-state index contributed by atoms with van der Waals surface area (Å²) in [7, 11) is 0. The maximum atomic E-state index is 5.26. The molecule has 0 atom stereocenters. The average molecular weight is 399 g/mol. The number of aliphatic imine (C=N–C) groups is 1. The zero-order valence-corrected chi connectivity index (χ0v) is 15.7. The molecule has 0 aliphatic carbocycles. The highest BCUT2D eigenvalue weighted by Crippen LogP contribution is 2.23. The third-order valence-corrected chi connectivity index (χ3v) is 3.17. The van der Waals surface area contributed by atoms with Crippen LogP contribution in [-0.2, 0) is 5.41 Å². The van der Waals surface area contributed by atoms with Gasteiger partial charge in [0, 0.05) is 12.0 Å². The fourth-order valence-electron chi connectivity index (χ4n) is 1.85. The lowest BCUT2D eigenvalue weighted by Crippen LogP contribution is -2.38. The summed E-state index contributed by atoms with van der Waals surface area (Å²) in [4.78, 5) is 4.62. The predicted octanol–water partition coefficient (Wildman–Crippen LogP) is 3.08. The molecule has 0 fully saturated rings. The van der Waals surface area contributed by atoms with Crippen molar-refractivity contribution in [3.8, 4) is 12.3 Å². The SMILES string of the molecule is C#CCNC(=NCC(C)(C)c1ccc(C)cc1)NCC.I. The second kappa shape index (κ2) is 9.67. The summed E-state index contributed by atoms with van der Waals surface area (Å²) < 4.78 is 0. The van der Waals surface area contributed by atoms with E-state index in [-0.39, 0.29) is 29.4 Å². The molecule has 1 rings (SSSR count). The molecule has 21 heavy (non-hydrogen) atoms. The number of benzene rings is 1. The van der Waals surface area contributed by atoms with E-state index in [0.717, 1.165) is 12.5 Å². The fraction of sp³-hybridized carbons (Fsp3) is 0.471. The summed E-state index contributed by atoms with van der Waals surface area (Å²) in [5.74, 6) is 3.33. The molecule has 1 aromatic carbocycles. The molecule has 2 N–H and O–H groups in total. The van der Waals surface area contributed by atoms with Crippen molar-refractivity contribution in [1.82, 2.24) is 10.6 Å². The van der Waals surface area contributed by atoms with E-state index in [1.165, 1.54) is 11.1 Å².